The van der Waals surface area contributed by atoms with Gasteiger partial charge in [0.05, 0.1) is 4.90 Å². The standard InChI is InChI=1S/C14H23ClN2O2S/c1-11(2)5-4-8-17-20(18,19)13-6-7-14(15)12(9-13)10-16-3/h6-7,9,11,16-17H,4-5,8,10H2,1-3H3. The molecule has 0 aliphatic rings. The summed E-state index contributed by atoms with van der Waals surface area (Å²) in [6.07, 6.45) is 1.85. The maximum absolute atomic E-state index is 12.2. The zero-order chi connectivity index (χ0) is 15.2. The quantitative estimate of drug-likeness (QED) is 0.725. The Kier molecular flexibility index (Phi) is 6.95. The summed E-state index contributed by atoms with van der Waals surface area (Å²) in [5.74, 6) is 0.581. The monoisotopic (exact) mass is 318 g/mol. The smallest absolute Gasteiger partial charge is 0.240 e. The molecule has 0 atom stereocenters. The largest absolute Gasteiger partial charge is 0.316 e. The van der Waals surface area contributed by atoms with Gasteiger partial charge >= 0.3 is 0 Å². The fourth-order valence-corrected chi connectivity index (χ4v) is 3.15. The lowest BCUT2D eigenvalue weighted by atomic mass is 10.1. The topological polar surface area (TPSA) is 58.2 Å². The van der Waals surface area contributed by atoms with Crippen molar-refractivity contribution in [2.75, 3.05) is 13.6 Å². The van der Waals surface area contributed by atoms with Crippen LogP contribution in [-0.4, -0.2) is 22.0 Å². The number of halogens is 1. The summed E-state index contributed by atoms with van der Waals surface area (Å²) >= 11 is 6.03. The highest BCUT2D eigenvalue weighted by atomic mass is 35.5. The summed E-state index contributed by atoms with van der Waals surface area (Å²) in [7, 11) is -1.66. The zero-order valence-corrected chi connectivity index (χ0v) is 13.8. The second-order valence-corrected chi connectivity index (χ2v) is 7.39. The van der Waals surface area contributed by atoms with E-state index in [1.165, 1.54) is 6.07 Å². The van der Waals surface area contributed by atoms with Gasteiger partial charge in [0.15, 0.2) is 0 Å². The van der Waals surface area contributed by atoms with Gasteiger partial charge in [-0.1, -0.05) is 25.4 Å². The second-order valence-electron chi connectivity index (χ2n) is 5.22. The van der Waals surface area contributed by atoms with Gasteiger partial charge in [0, 0.05) is 18.1 Å². The van der Waals surface area contributed by atoms with Gasteiger partial charge in [-0.25, -0.2) is 13.1 Å². The molecule has 0 aliphatic heterocycles. The van der Waals surface area contributed by atoms with Gasteiger partial charge in [-0.05, 0) is 49.6 Å². The molecule has 0 aliphatic carbocycles. The summed E-state index contributed by atoms with van der Waals surface area (Å²) in [5.41, 5.74) is 0.777. The Bertz CT molecular complexity index is 530. The van der Waals surface area contributed by atoms with E-state index < -0.39 is 10.0 Å². The number of rotatable bonds is 8. The normalized spacial score (nSPS) is 12.1. The van der Waals surface area contributed by atoms with Crippen LogP contribution >= 0.6 is 11.6 Å². The molecule has 0 fully saturated rings. The fourth-order valence-electron chi connectivity index (χ4n) is 1.84. The van der Waals surface area contributed by atoms with Crippen LogP contribution < -0.4 is 10.0 Å². The maximum Gasteiger partial charge on any atom is 0.240 e. The Labute approximate surface area is 127 Å². The molecular formula is C14H23ClN2O2S. The summed E-state index contributed by atoms with van der Waals surface area (Å²) in [5, 5.41) is 3.54. The Morgan fingerprint density at radius 3 is 2.60 bits per heavy atom. The number of hydrogen-bond acceptors (Lipinski definition) is 3. The molecule has 0 spiro atoms. The highest BCUT2D eigenvalue weighted by Crippen LogP contribution is 2.20. The van der Waals surface area contributed by atoms with Crippen LogP contribution in [0, 0.1) is 5.92 Å². The minimum absolute atomic E-state index is 0.261. The molecule has 114 valence electrons. The molecule has 2 N–H and O–H groups in total. The molecule has 0 unspecified atom stereocenters. The molecule has 20 heavy (non-hydrogen) atoms. The summed E-state index contributed by atoms with van der Waals surface area (Å²) in [4.78, 5) is 0.261. The molecule has 0 radical (unpaired) electrons. The van der Waals surface area contributed by atoms with E-state index in [9.17, 15) is 8.42 Å². The van der Waals surface area contributed by atoms with Crippen molar-refractivity contribution in [1.82, 2.24) is 10.0 Å². The minimum atomic E-state index is -3.45. The predicted octanol–water partition coefficient (Wildman–Crippen LogP) is 2.77. The lowest BCUT2D eigenvalue weighted by Crippen LogP contribution is -2.25. The first kappa shape index (κ1) is 17.4. The van der Waals surface area contributed by atoms with Gasteiger partial charge in [0.25, 0.3) is 0 Å². The summed E-state index contributed by atoms with van der Waals surface area (Å²) < 4.78 is 27.0. The lowest BCUT2D eigenvalue weighted by Gasteiger charge is -2.10. The second kappa shape index (κ2) is 7.98. The molecule has 1 aromatic rings. The highest BCUT2D eigenvalue weighted by Gasteiger charge is 2.15. The average molecular weight is 319 g/mol. The van der Waals surface area contributed by atoms with Gasteiger partial charge in [0.1, 0.15) is 0 Å². The van der Waals surface area contributed by atoms with E-state index in [1.807, 2.05) is 0 Å². The zero-order valence-electron chi connectivity index (χ0n) is 12.2. The number of hydrogen-bond donors (Lipinski definition) is 2. The van der Waals surface area contributed by atoms with Crippen LogP contribution in [0.2, 0.25) is 5.02 Å². The minimum Gasteiger partial charge on any atom is -0.316 e. The van der Waals surface area contributed by atoms with E-state index in [0.29, 0.717) is 24.0 Å². The van der Waals surface area contributed by atoms with Gasteiger partial charge < -0.3 is 5.32 Å². The van der Waals surface area contributed by atoms with Crippen LogP contribution in [0.15, 0.2) is 23.1 Å². The van der Waals surface area contributed by atoms with Crippen molar-refractivity contribution in [1.29, 1.82) is 0 Å². The van der Waals surface area contributed by atoms with E-state index in [4.69, 9.17) is 11.6 Å². The Morgan fingerprint density at radius 2 is 2.00 bits per heavy atom. The Balaban J connectivity index is 2.74. The van der Waals surface area contributed by atoms with Gasteiger partial charge in [-0.15, -0.1) is 0 Å². The third-order valence-electron chi connectivity index (χ3n) is 2.95. The van der Waals surface area contributed by atoms with E-state index in [2.05, 4.69) is 23.9 Å². The summed E-state index contributed by atoms with van der Waals surface area (Å²) in [6, 6.07) is 4.77. The van der Waals surface area contributed by atoms with E-state index >= 15 is 0 Å². The van der Waals surface area contributed by atoms with Crippen LogP contribution in [0.1, 0.15) is 32.3 Å². The SMILES string of the molecule is CNCc1cc(S(=O)(=O)NCCCC(C)C)ccc1Cl. The first-order valence-electron chi connectivity index (χ1n) is 6.79. The molecule has 0 saturated heterocycles. The highest BCUT2D eigenvalue weighted by molar-refractivity contribution is 7.89. The van der Waals surface area contributed by atoms with Gasteiger partial charge in [-0.2, -0.15) is 0 Å². The predicted molar refractivity (Wildman–Crippen MR) is 83.5 cm³/mol. The molecular weight excluding hydrogens is 296 g/mol. The van der Waals surface area contributed by atoms with Crippen molar-refractivity contribution in [3.8, 4) is 0 Å². The molecule has 0 saturated carbocycles. The van der Waals surface area contributed by atoms with Crippen LogP contribution in [0.3, 0.4) is 0 Å². The van der Waals surface area contributed by atoms with Crippen LogP contribution in [0.25, 0.3) is 0 Å². The van der Waals surface area contributed by atoms with Crippen molar-refractivity contribution in [2.24, 2.45) is 5.92 Å². The van der Waals surface area contributed by atoms with Crippen molar-refractivity contribution < 1.29 is 8.42 Å². The molecule has 0 aromatic heterocycles. The van der Waals surface area contributed by atoms with E-state index in [0.717, 1.165) is 18.4 Å². The maximum atomic E-state index is 12.2. The third-order valence-corrected chi connectivity index (χ3v) is 4.77. The van der Waals surface area contributed by atoms with Gasteiger partial charge in [0.2, 0.25) is 10.0 Å². The van der Waals surface area contributed by atoms with Crippen LogP contribution in [-0.2, 0) is 16.6 Å². The fraction of sp³-hybridized carbons (Fsp3) is 0.571. The molecule has 1 aromatic carbocycles. The summed E-state index contributed by atoms with van der Waals surface area (Å²) in [6.45, 7) is 5.25. The average Bonchev–Trinajstić information content (AvgIpc) is 2.37. The van der Waals surface area contributed by atoms with Crippen molar-refractivity contribution >= 4 is 21.6 Å². The molecule has 0 heterocycles. The lowest BCUT2D eigenvalue weighted by molar-refractivity contribution is 0.540. The first-order chi connectivity index (χ1) is 9.36. The number of nitrogens with one attached hydrogen (secondary N) is 2. The van der Waals surface area contributed by atoms with Crippen molar-refractivity contribution in [2.45, 2.75) is 38.1 Å². The van der Waals surface area contributed by atoms with E-state index in [-0.39, 0.29) is 4.90 Å². The number of benzene rings is 1. The van der Waals surface area contributed by atoms with Crippen LogP contribution in [0.4, 0.5) is 0 Å². The molecule has 4 nitrogen and oxygen atoms in total. The molecule has 1 rings (SSSR count). The third kappa shape index (κ3) is 5.40. The molecule has 6 heteroatoms. The van der Waals surface area contributed by atoms with Crippen molar-refractivity contribution in [3.63, 3.8) is 0 Å². The van der Waals surface area contributed by atoms with Crippen LogP contribution in [0.5, 0.6) is 0 Å². The number of sulfonamides is 1. The van der Waals surface area contributed by atoms with Crippen molar-refractivity contribution in [3.05, 3.63) is 28.8 Å². The Morgan fingerprint density at radius 1 is 1.30 bits per heavy atom. The molecule has 0 bridgehead atoms. The first-order valence-corrected chi connectivity index (χ1v) is 8.65. The van der Waals surface area contributed by atoms with E-state index in [1.54, 1.807) is 19.2 Å². The molecule has 0 amide bonds. The Hall–Kier alpha value is -0.620. The van der Waals surface area contributed by atoms with Gasteiger partial charge in [-0.3, -0.25) is 0 Å².